The number of amides is 2. The first-order chi connectivity index (χ1) is 16.3. The van der Waals surface area contributed by atoms with Crippen LogP contribution in [0.3, 0.4) is 0 Å². The summed E-state index contributed by atoms with van der Waals surface area (Å²) in [6.07, 6.45) is -0.200. The van der Waals surface area contributed by atoms with Crippen LogP contribution in [0, 0.1) is 5.92 Å². The van der Waals surface area contributed by atoms with Gasteiger partial charge in [-0.3, -0.25) is 14.8 Å². The second kappa shape index (κ2) is 10.6. The molecular formula is C26H24Cl2N2O4. The minimum atomic E-state index is -0.738. The second-order valence-electron chi connectivity index (χ2n) is 8.45. The lowest BCUT2D eigenvalue weighted by Crippen LogP contribution is -2.40. The number of hydroxylamine groups is 1. The van der Waals surface area contributed by atoms with Crippen molar-refractivity contribution in [3.05, 3.63) is 93.5 Å². The maximum absolute atomic E-state index is 13.2. The van der Waals surface area contributed by atoms with Gasteiger partial charge in [-0.25, -0.2) is 5.48 Å². The Hall–Kier alpha value is -2.90. The van der Waals surface area contributed by atoms with E-state index in [0.29, 0.717) is 16.5 Å². The Labute approximate surface area is 207 Å². The molecule has 0 radical (unpaired) electrons. The molecule has 0 unspecified atom stereocenters. The zero-order valence-corrected chi connectivity index (χ0v) is 19.7. The summed E-state index contributed by atoms with van der Waals surface area (Å²) < 4.78 is 0. The molecule has 0 saturated carbocycles. The monoisotopic (exact) mass is 498 g/mol. The summed E-state index contributed by atoms with van der Waals surface area (Å²) in [7, 11) is 0. The van der Waals surface area contributed by atoms with Gasteiger partial charge in [0.05, 0.1) is 18.1 Å². The number of halogens is 2. The van der Waals surface area contributed by atoms with Gasteiger partial charge in [0.15, 0.2) is 0 Å². The topological polar surface area (TPSA) is 98.7 Å². The maximum atomic E-state index is 13.2. The largest absolute Gasteiger partial charge is 0.390 e. The van der Waals surface area contributed by atoms with Crippen LogP contribution < -0.4 is 10.8 Å². The molecule has 3 atom stereocenters. The zero-order valence-electron chi connectivity index (χ0n) is 18.2. The van der Waals surface area contributed by atoms with Crippen LogP contribution in [0.2, 0.25) is 10.0 Å². The number of rotatable bonds is 7. The Balaban J connectivity index is 1.51. The highest BCUT2D eigenvalue weighted by atomic mass is 35.5. The number of carbonyl (C=O) groups excluding carboxylic acids is 2. The number of hydrogen-bond acceptors (Lipinski definition) is 4. The first kappa shape index (κ1) is 24.2. The molecule has 0 aliphatic heterocycles. The number of carbonyl (C=O) groups is 2. The van der Waals surface area contributed by atoms with Crippen molar-refractivity contribution < 1.29 is 19.9 Å². The van der Waals surface area contributed by atoms with Crippen molar-refractivity contribution in [2.45, 2.75) is 31.4 Å². The van der Waals surface area contributed by atoms with E-state index in [1.165, 1.54) is 0 Å². The summed E-state index contributed by atoms with van der Waals surface area (Å²) in [5.74, 6) is -1.76. The van der Waals surface area contributed by atoms with Crippen molar-refractivity contribution in [2.75, 3.05) is 0 Å². The Morgan fingerprint density at radius 2 is 1.65 bits per heavy atom. The SMILES string of the molecule is O=C(C[C@@H](Cc1ccc(-c2cc(Cl)cc(Cl)c2)cc1)C(=O)N[C@H]1c2ccccc2C[C@H]1O)NO. The number of fused-ring (bicyclic) bond motifs is 1. The van der Waals surface area contributed by atoms with Crippen molar-refractivity contribution in [3.63, 3.8) is 0 Å². The summed E-state index contributed by atoms with van der Waals surface area (Å²) >= 11 is 12.2. The smallest absolute Gasteiger partial charge is 0.244 e. The summed E-state index contributed by atoms with van der Waals surface area (Å²) in [6.45, 7) is 0. The molecule has 0 heterocycles. The van der Waals surface area contributed by atoms with Crippen molar-refractivity contribution in [1.29, 1.82) is 0 Å². The number of aliphatic hydroxyl groups excluding tert-OH is 1. The van der Waals surface area contributed by atoms with Gasteiger partial charge in [-0.15, -0.1) is 0 Å². The molecule has 6 nitrogen and oxygen atoms in total. The van der Waals surface area contributed by atoms with Crippen molar-refractivity contribution in [2.24, 2.45) is 5.92 Å². The third kappa shape index (κ3) is 5.59. The van der Waals surface area contributed by atoms with Crippen LogP contribution in [-0.2, 0) is 22.4 Å². The van der Waals surface area contributed by atoms with Gasteiger partial charge in [0.25, 0.3) is 0 Å². The van der Waals surface area contributed by atoms with Gasteiger partial charge < -0.3 is 10.4 Å². The van der Waals surface area contributed by atoms with Gasteiger partial charge in [0, 0.05) is 22.9 Å². The van der Waals surface area contributed by atoms with Crippen molar-refractivity contribution in [3.8, 4) is 11.1 Å². The van der Waals surface area contributed by atoms with E-state index in [9.17, 15) is 14.7 Å². The fourth-order valence-electron chi connectivity index (χ4n) is 4.38. The highest BCUT2D eigenvalue weighted by Crippen LogP contribution is 2.32. The van der Waals surface area contributed by atoms with E-state index in [-0.39, 0.29) is 18.7 Å². The molecule has 1 aliphatic rings. The van der Waals surface area contributed by atoms with Gasteiger partial charge in [-0.1, -0.05) is 71.7 Å². The molecule has 0 bridgehead atoms. The zero-order chi connectivity index (χ0) is 24.2. The molecule has 176 valence electrons. The third-order valence-corrected chi connectivity index (χ3v) is 6.50. The second-order valence-corrected chi connectivity index (χ2v) is 9.32. The standard InChI is InChI=1S/C26H24Cl2N2O4/c27-20-10-18(11-21(28)14-20)16-7-5-15(6-8-16)9-19(13-24(32)30-34)26(33)29-25-22-4-2-1-3-17(22)12-23(25)31/h1-8,10-11,14,19,23,25,31,34H,9,12-13H2,(H,29,33)(H,30,32)/t19-,23-,25+/m1/s1. The third-order valence-electron chi connectivity index (χ3n) is 6.06. The Bertz CT molecular complexity index is 1180. The van der Waals surface area contributed by atoms with E-state index in [1.807, 2.05) is 60.7 Å². The van der Waals surface area contributed by atoms with Gasteiger partial charge in [0.2, 0.25) is 11.8 Å². The summed E-state index contributed by atoms with van der Waals surface area (Å²) in [5, 5.41) is 23.5. The average molecular weight is 499 g/mol. The van der Waals surface area contributed by atoms with Crippen LogP contribution in [-0.4, -0.2) is 28.2 Å². The van der Waals surface area contributed by atoms with Gasteiger partial charge >= 0.3 is 0 Å². The normalized spacial score (nSPS) is 17.6. The van der Waals surface area contributed by atoms with Gasteiger partial charge in [0.1, 0.15) is 0 Å². The molecule has 8 heteroatoms. The predicted octanol–water partition coefficient (Wildman–Crippen LogP) is 4.49. The Kier molecular flexibility index (Phi) is 7.54. The van der Waals surface area contributed by atoms with Crippen LogP contribution in [0.4, 0.5) is 0 Å². The summed E-state index contributed by atoms with van der Waals surface area (Å²) in [5.41, 5.74) is 6.08. The fourth-order valence-corrected chi connectivity index (χ4v) is 4.91. The van der Waals surface area contributed by atoms with E-state index in [0.717, 1.165) is 27.8 Å². The molecule has 3 aromatic rings. The molecule has 3 aromatic carbocycles. The molecule has 0 spiro atoms. The first-order valence-corrected chi connectivity index (χ1v) is 11.6. The van der Waals surface area contributed by atoms with Gasteiger partial charge in [-0.05, 0) is 52.4 Å². The molecule has 0 saturated heterocycles. The van der Waals surface area contributed by atoms with E-state index in [4.69, 9.17) is 28.4 Å². The summed E-state index contributed by atoms with van der Waals surface area (Å²) in [6, 6.07) is 19.9. The molecule has 34 heavy (non-hydrogen) atoms. The Morgan fingerprint density at radius 3 is 2.32 bits per heavy atom. The van der Waals surface area contributed by atoms with Crippen LogP contribution >= 0.6 is 23.2 Å². The van der Waals surface area contributed by atoms with E-state index < -0.39 is 24.0 Å². The molecule has 4 rings (SSSR count). The van der Waals surface area contributed by atoms with E-state index >= 15 is 0 Å². The fraction of sp³-hybridized carbons (Fsp3) is 0.231. The highest BCUT2D eigenvalue weighted by molar-refractivity contribution is 6.35. The minimum absolute atomic E-state index is 0.196. The summed E-state index contributed by atoms with van der Waals surface area (Å²) in [4.78, 5) is 25.1. The van der Waals surface area contributed by atoms with Crippen molar-refractivity contribution >= 4 is 35.0 Å². The molecule has 0 aromatic heterocycles. The number of nitrogens with one attached hydrogen (secondary N) is 2. The lowest BCUT2D eigenvalue weighted by atomic mass is 9.93. The highest BCUT2D eigenvalue weighted by Gasteiger charge is 2.34. The van der Waals surface area contributed by atoms with E-state index in [2.05, 4.69) is 5.32 Å². The molecular weight excluding hydrogens is 475 g/mol. The molecule has 4 N–H and O–H groups in total. The molecule has 2 amide bonds. The number of benzene rings is 3. The molecule has 1 aliphatic carbocycles. The average Bonchev–Trinajstić information content (AvgIpc) is 3.13. The lowest BCUT2D eigenvalue weighted by Gasteiger charge is -2.22. The Morgan fingerprint density at radius 1 is 0.971 bits per heavy atom. The number of hydrogen-bond donors (Lipinski definition) is 4. The van der Waals surface area contributed by atoms with Gasteiger partial charge in [-0.2, -0.15) is 0 Å². The van der Waals surface area contributed by atoms with Crippen LogP contribution in [0.1, 0.15) is 29.2 Å². The minimum Gasteiger partial charge on any atom is -0.390 e. The van der Waals surface area contributed by atoms with Crippen LogP contribution in [0.15, 0.2) is 66.7 Å². The molecule has 0 fully saturated rings. The first-order valence-electron chi connectivity index (χ1n) is 10.9. The maximum Gasteiger partial charge on any atom is 0.244 e. The van der Waals surface area contributed by atoms with E-state index in [1.54, 1.807) is 11.5 Å². The lowest BCUT2D eigenvalue weighted by molar-refractivity contribution is -0.135. The predicted molar refractivity (Wildman–Crippen MR) is 131 cm³/mol. The van der Waals surface area contributed by atoms with Crippen LogP contribution in [0.5, 0.6) is 0 Å². The van der Waals surface area contributed by atoms with Crippen molar-refractivity contribution in [1.82, 2.24) is 10.8 Å². The quantitative estimate of drug-likeness (QED) is 0.285. The van der Waals surface area contributed by atoms with Crippen LogP contribution in [0.25, 0.3) is 11.1 Å². The number of aliphatic hydroxyl groups is 1.